The van der Waals surface area contributed by atoms with Crippen LogP contribution in [0, 0.1) is 0 Å². The molecule has 0 rings (SSSR count). The van der Waals surface area contributed by atoms with Crippen molar-refractivity contribution in [2.24, 2.45) is 11.5 Å². The summed E-state index contributed by atoms with van der Waals surface area (Å²) in [4.78, 5) is 0. The van der Waals surface area contributed by atoms with E-state index in [0.717, 1.165) is 13.1 Å². The topological polar surface area (TPSA) is 52.0 Å². The number of rotatable bonds is 23. The molecule has 174 valence electrons. The Morgan fingerprint density at radius 2 is 0.536 bits per heavy atom. The fraction of sp³-hybridized carbons (Fsp3) is 1.00. The highest BCUT2D eigenvalue weighted by Gasteiger charge is 1.96. The molecule has 0 saturated carbocycles. The zero-order chi connectivity index (χ0) is 19.0. The predicted octanol–water partition coefficient (Wildman–Crippen LogP) is 8.15. The average molecular weight is 478 g/mol. The lowest BCUT2D eigenvalue weighted by Gasteiger charge is -2.04. The van der Waals surface area contributed by atoms with Crippen LogP contribution in [-0.2, 0) is 0 Å². The quantitative estimate of drug-likeness (QED) is 0.115. The molecule has 0 aliphatic heterocycles. The van der Waals surface area contributed by atoms with Gasteiger partial charge in [-0.2, -0.15) is 0 Å². The van der Waals surface area contributed by atoms with E-state index in [0.29, 0.717) is 0 Å². The van der Waals surface area contributed by atoms with Gasteiger partial charge in [-0.25, -0.2) is 0 Å². The molecule has 4 N–H and O–H groups in total. The molecule has 0 saturated heterocycles. The van der Waals surface area contributed by atoms with Crippen LogP contribution < -0.4 is 11.5 Å². The summed E-state index contributed by atoms with van der Waals surface area (Å²) in [6.07, 6.45) is 25.0. The molecule has 0 aromatic heterocycles. The van der Waals surface area contributed by atoms with E-state index in [1.54, 1.807) is 0 Å². The van der Waals surface area contributed by atoms with Crippen molar-refractivity contribution in [3.8, 4) is 0 Å². The van der Waals surface area contributed by atoms with Gasteiger partial charge in [-0.15, -0.1) is 24.8 Å². The first-order valence-corrected chi connectivity index (χ1v) is 14.0. The molecule has 0 bridgehead atoms. The second-order valence-electron chi connectivity index (χ2n) is 7.59. The predicted molar refractivity (Wildman–Crippen MR) is 141 cm³/mol. The molecule has 0 atom stereocenters. The molecule has 0 radical (unpaired) electrons. The molecule has 0 aromatic carbocycles. The Labute approximate surface area is 197 Å². The summed E-state index contributed by atoms with van der Waals surface area (Å²) in [5.41, 5.74) is 11.0. The molecule has 0 aromatic rings. The normalized spacial score (nSPS) is 10.5. The summed E-state index contributed by atoms with van der Waals surface area (Å²) < 4.78 is 0. The Kier molecular flexibility index (Phi) is 39.7. The van der Waals surface area contributed by atoms with Gasteiger partial charge in [0.15, 0.2) is 0 Å². The number of nitrogens with two attached hydrogens (primary N) is 2. The van der Waals surface area contributed by atoms with Gasteiger partial charge in [-0.3, -0.25) is 0 Å². The fourth-order valence-corrected chi connectivity index (χ4v) is 5.50. The van der Waals surface area contributed by atoms with Crippen LogP contribution in [0.2, 0.25) is 0 Å². The number of unbranched alkanes of at least 4 members (excludes halogenated alkanes) is 16. The summed E-state index contributed by atoms with van der Waals surface area (Å²) in [5, 5.41) is 0. The van der Waals surface area contributed by atoms with Crippen molar-refractivity contribution < 1.29 is 0 Å². The van der Waals surface area contributed by atoms with Crippen molar-refractivity contribution in [3.63, 3.8) is 0 Å². The van der Waals surface area contributed by atoms with Crippen LogP contribution in [0.5, 0.6) is 0 Å². The second kappa shape index (κ2) is 32.9. The summed E-state index contributed by atoms with van der Waals surface area (Å²) in [5.74, 6) is 2.70. The molecule has 0 amide bonds. The fourth-order valence-electron chi connectivity index (χ4n) is 3.20. The molecule has 6 heteroatoms. The van der Waals surface area contributed by atoms with Crippen LogP contribution in [0.15, 0.2) is 0 Å². The van der Waals surface area contributed by atoms with E-state index in [2.05, 4.69) is 21.6 Å². The lowest BCUT2D eigenvalue weighted by atomic mass is 10.1. The van der Waals surface area contributed by atoms with Gasteiger partial charge < -0.3 is 11.5 Å². The number of halogens is 2. The number of hydrogen-bond acceptors (Lipinski definition) is 4. The van der Waals surface area contributed by atoms with E-state index in [1.165, 1.54) is 127 Å². The highest BCUT2D eigenvalue weighted by Crippen LogP contribution is 2.25. The first-order valence-electron chi connectivity index (χ1n) is 11.6. The van der Waals surface area contributed by atoms with Gasteiger partial charge in [-0.1, -0.05) is 111 Å². The Hall–Kier alpha value is 1.20. The van der Waals surface area contributed by atoms with Gasteiger partial charge in [0, 0.05) is 11.5 Å². The minimum Gasteiger partial charge on any atom is -0.330 e. The highest BCUT2D eigenvalue weighted by molar-refractivity contribution is 8.76. The first-order chi connectivity index (χ1) is 12.9. The van der Waals surface area contributed by atoms with Crippen LogP contribution in [0.25, 0.3) is 0 Å². The van der Waals surface area contributed by atoms with Crippen molar-refractivity contribution >= 4 is 46.4 Å². The Morgan fingerprint density at radius 3 is 0.786 bits per heavy atom. The van der Waals surface area contributed by atoms with Crippen molar-refractivity contribution in [2.75, 3.05) is 24.6 Å². The van der Waals surface area contributed by atoms with Gasteiger partial charge in [0.05, 0.1) is 0 Å². The van der Waals surface area contributed by atoms with Crippen LogP contribution in [0.3, 0.4) is 0 Å². The Morgan fingerprint density at radius 1 is 0.321 bits per heavy atom. The zero-order valence-corrected chi connectivity index (χ0v) is 21.6. The van der Waals surface area contributed by atoms with E-state index < -0.39 is 0 Å². The minimum atomic E-state index is 0. The van der Waals surface area contributed by atoms with E-state index in [-0.39, 0.29) is 24.8 Å². The second-order valence-corrected chi connectivity index (χ2v) is 10.3. The van der Waals surface area contributed by atoms with E-state index in [4.69, 9.17) is 11.5 Å². The van der Waals surface area contributed by atoms with Gasteiger partial charge in [0.25, 0.3) is 0 Å². The lowest BCUT2D eigenvalue weighted by molar-refractivity contribution is 0.568. The van der Waals surface area contributed by atoms with Gasteiger partial charge in [0.2, 0.25) is 0 Å². The van der Waals surface area contributed by atoms with Gasteiger partial charge in [-0.05, 0) is 38.8 Å². The minimum absolute atomic E-state index is 0. The summed E-state index contributed by atoms with van der Waals surface area (Å²) in [6, 6.07) is 0. The van der Waals surface area contributed by atoms with Crippen LogP contribution in [-0.4, -0.2) is 24.6 Å². The molecular formula is C22H50Cl2N2S2. The maximum atomic E-state index is 5.51. The molecule has 0 fully saturated rings. The molecule has 0 aliphatic rings. The summed E-state index contributed by atoms with van der Waals surface area (Å²) in [6.45, 7) is 1.73. The van der Waals surface area contributed by atoms with Crippen molar-refractivity contribution in [1.82, 2.24) is 0 Å². The van der Waals surface area contributed by atoms with Crippen LogP contribution >= 0.6 is 46.4 Å². The molecule has 0 unspecified atom stereocenters. The van der Waals surface area contributed by atoms with Crippen molar-refractivity contribution in [3.05, 3.63) is 0 Å². The molecule has 0 spiro atoms. The third kappa shape index (κ3) is 31.9. The van der Waals surface area contributed by atoms with Gasteiger partial charge >= 0.3 is 0 Å². The number of hydrogen-bond donors (Lipinski definition) is 2. The smallest absolute Gasteiger partial charge is 0.00369 e. The van der Waals surface area contributed by atoms with Crippen LogP contribution in [0.4, 0.5) is 0 Å². The molecule has 0 aliphatic carbocycles. The largest absolute Gasteiger partial charge is 0.330 e. The lowest BCUT2D eigenvalue weighted by Crippen LogP contribution is -1.97. The molecule has 28 heavy (non-hydrogen) atoms. The monoisotopic (exact) mass is 476 g/mol. The Balaban J connectivity index is -0.00000312. The zero-order valence-electron chi connectivity index (χ0n) is 18.3. The third-order valence-electron chi connectivity index (χ3n) is 4.95. The Bertz CT molecular complexity index is 227. The first kappa shape index (κ1) is 33.8. The summed E-state index contributed by atoms with van der Waals surface area (Å²) in [7, 11) is 4.21. The standard InChI is InChI=1S/C22H48N2S2.2ClH/c23-19-15-11-7-3-1-5-9-13-17-21-25-26-22-18-14-10-6-2-4-8-12-16-20-24;;/h1-24H2;2*1H. The highest BCUT2D eigenvalue weighted by atomic mass is 35.5. The molecule has 0 heterocycles. The van der Waals surface area contributed by atoms with Gasteiger partial charge in [0.1, 0.15) is 0 Å². The van der Waals surface area contributed by atoms with Crippen molar-refractivity contribution in [2.45, 2.75) is 116 Å². The molecular weight excluding hydrogens is 427 g/mol. The van der Waals surface area contributed by atoms with E-state index in [9.17, 15) is 0 Å². The van der Waals surface area contributed by atoms with Crippen LogP contribution in [0.1, 0.15) is 116 Å². The third-order valence-corrected chi connectivity index (χ3v) is 7.52. The maximum absolute atomic E-state index is 5.51. The van der Waals surface area contributed by atoms with Crippen molar-refractivity contribution in [1.29, 1.82) is 0 Å². The molecule has 2 nitrogen and oxygen atoms in total. The van der Waals surface area contributed by atoms with E-state index in [1.807, 2.05) is 0 Å². The van der Waals surface area contributed by atoms with E-state index >= 15 is 0 Å². The summed E-state index contributed by atoms with van der Waals surface area (Å²) >= 11 is 0. The SMILES string of the molecule is Cl.Cl.NCCCCCCCCCCCSSCCCCCCCCCCCN. The maximum Gasteiger partial charge on any atom is 0.00369 e. The average Bonchev–Trinajstić information content (AvgIpc) is 2.66.